The molecule has 0 saturated heterocycles. The molecule has 6 aromatic rings. The topological polar surface area (TPSA) is 68.2 Å². The van der Waals surface area contributed by atoms with E-state index in [1.807, 2.05) is 24.3 Å². The van der Waals surface area contributed by atoms with E-state index in [0.29, 0.717) is 23.0 Å². The standard InChI is InChI=1S/C43H36O5/c1-27-3-7-29(8-4-27)31-11-15-35-36-16-12-32(30-9-5-28(2)6-10-30)24-40(36)43(39(35)23-31)37-17-13-33(46-21-19-44)25-41(37)48-42-26-34(47-22-20-45)14-18-38(42)43/h3-18,23-26,44-45H,19-22H2,1-2H3. The van der Waals surface area contributed by atoms with E-state index in [0.717, 1.165) is 33.4 Å². The van der Waals surface area contributed by atoms with Crippen LogP contribution in [0.3, 0.4) is 0 Å². The predicted octanol–water partition coefficient (Wildman–Crippen LogP) is 8.85. The second-order valence-electron chi connectivity index (χ2n) is 12.6. The highest BCUT2D eigenvalue weighted by molar-refractivity contribution is 5.92. The Morgan fingerprint density at radius 2 is 0.896 bits per heavy atom. The Hall–Kier alpha value is -5.36. The molecule has 0 fully saturated rings. The van der Waals surface area contributed by atoms with E-state index in [4.69, 9.17) is 14.2 Å². The summed E-state index contributed by atoms with van der Waals surface area (Å²) in [6.07, 6.45) is 0. The Morgan fingerprint density at radius 1 is 0.479 bits per heavy atom. The Balaban J connectivity index is 1.44. The van der Waals surface area contributed by atoms with Crippen LogP contribution in [0.4, 0.5) is 0 Å². The average molecular weight is 633 g/mol. The third-order valence-electron chi connectivity index (χ3n) is 9.56. The number of hydrogen-bond acceptors (Lipinski definition) is 5. The second-order valence-corrected chi connectivity index (χ2v) is 12.6. The summed E-state index contributed by atoms with van der Waals surface area (Å²) in [7, 11) is 0. The molecule has 1 aliphatic carbocycles. The van der Waals surface area contributed by atoms with Gasteiger partial charge in [-0.3, -0.25) is 0 Å². The SMILES string of the molecule is Cc1ccc(-c2ccc3c(c2)C2(c4ccc(OCCO)cc4Oc4cc(OCCO)ccc42)c2cc(-c4ccc(C)cc4)ccc2-3)cc1. The van der Waals surface area contributed by atoms with Crippen LogP contribution in [0.1, 0.15) is 33.4 Å². The van der Waals surface area contributed by atoms with Crippen LogP contribution in [0.25, 0.3) is 33.4 Å². The average Bonchev–Trinajstić information content (AvgIpc) is 3.39. The van der Waals surface area contributed by atoms with Gasteiger partial charge in [0.05, 0.1) is 18.6 Å². The second kappa shape index (κ2) is 12.0. The highest BCUT2D eigenvalue weighted by Crippen LogP contribution is 2.63. The molecule has 5 nitrogen and oxygen atoms in total. The van der Waals surface area contributed by atoms with Gasteiger partial charge in [0.25, 0.3) is 0 Å². The van der Waals surface area contributed by atoms with Gasteiger partial charge in [-0.25, -0.2) is 0 Å². The van der Waals surface area contributed by atoms with Gasteiger partial charge in [-0.05, 0) is 82.6 Å². The van der Waals surface area contributed by atoms with Gasteiger partial charge < -0.3 is 24.4 Å². The summed E-state index contributed by atoms with van der Waals surface area (Å²) in [5, 5.41) is 18.9. The summed E-state index contributed by atoms with van der Waals surface area (Å²) in [5.74, 6) is 2.60. The largest absolute Gasteiger partial charge is 0.491 e. The molecular formula is C43H36O5. The van der Waals surface area contributed by atoms with Crippen LogP contribution < -0.4 is 14.2 Å². The first-order valence-corrected chi connectivity index (χ1v) is 16.4. The fourth-order valence-electron chi connectivity index (χ4n) is 7.32. The van der Waals surface area contributed by atoms with Crippen LogP contribution in [0.5, 0.6) is 23.0 Å². The van der Waals surface area contributed by atoms with Gasteiger partial charge in [0.1, 0.15) is 36.2 Å². The molecule has 2 N–H and O–H groups in total. The summed E-state index contributed by atoms with van der Waals surface area (Å²) in [5.41, 5.74) is 13.0. The lowest BCUT2D eigenvalue weighted by Crippen LogP contribution is -2.32. The van der Waals surface area contributed by atoms with E-state index in [2.05, 4.69) is 111 Å². The molecule has 0 aromatic heterocycles. The molecule has 1 aliphatic heterocycles. The van der Waals surface area contributed by atoms with Gasteiger partial charge in [-0.15, -0.1) is 0 Å². The minimum atomic E-state index is -0.722. The van der Waals surface area contributed by atoms with Crippen molar-refractivity contribution in [3.8, 4) is 56.4 Å². The van der Waals surface area contributed by atoms with Gasteiger partial charge in [0.2, 0.25) is 0 Å². The monoisotopic (exact) mass is 632 g/mol. The van der Waals surface area contributed by atoms with E-state index in [-0.39, 0.29) is 26.4 Å². The third kappa shape index (κ3) is 4.86. The maximum absolute atomic E-state index is 9.47. The molecule has 0 atom stereocenters. The molecule has 1 heterocycles. The molecule has 0 bridgehead atoms. The highest BCUT2D eigenvalue weighted by atomic mass is 16.5. The van der Waals surface area contributed by atoms with Crippen molar-refractivity contribution in [3.05, 3.63) is 155 Å². The maximum Gasteiger partial charge on any atom is 0.135 e. The molecule has 0 radical (unpaired) electrons. The van der Waals surface area contributed by atoms with Crippen LogP contribution in [0.15, 0.2) is 121 Å². The van der Waals surface area contributed by atoms with Crippen LogP contribution in [0.2, 0.25) is 0 Å². The number of fused-ring (bicyclic) bond motifs is 9. The van der Waals surface area contributed by atoms with Crippen molar-refractivity contribution in [3.63, 3.8) is 0 Å². The Morgan fingerprint density at radius 3 is 1.31 bits per heavy atom. The number of aliphatic hydroxyl groups excluding tert-OH is 2. The number of ether oxygens (including phenoxy) is 3. The van der Waals surface area contributed by atoms with Gasteiger partial charge in [0.15, 0.2) is 0 Å². The van der Waals surface area contributed by atoms with Crippen LogP contribution in [-0.4, -0.2) is 36.6 Å². The minimum Gasteiger partial charge on any atom is -0.491 e. The molecular weight excluding hydrogens is 596 g/mol. The highest BCUT2D eigenvalue weighted by Gasteiger charge is 2.51. The fourth-order valence-corrected chi connectivity index (χ4v) is 7.32. The van der Waals surface area contributed by atoms with E-state index >= 15 is 0 Å². The van der Waals surface area contributed by atoms with Crippen LogP contribution >= 0.6 is 0 Å². The van der Waals surface area contributed by atoms with Crippen molar-refractivity contribution in [2.75, 3.05) is 26.4 Å². The van der Waals surface area contributed by atoms with E-state index in [9.17, 15) is 10.2 Å². The zero-order valence-corrected chi connectivity index (χ0v) is 27.0. The summed E-state index contributed by atoms with van der Waals surface area (Å²) in [6, 6.07) is 43.0. The molecule has 48 heavy (non-hydrogen) atoms. The molecule has 0 unspecified atom stereocenters. The van der Waals surface area contributed by atoms with Crippen molar-refractivity contribution in [2.45, 2.75) is 19.3 Å². The first-order valence-electron chi connectivity index (χ1n) is 16.4. The van der Waals surface area contributed by atoms with E-state index < -0.39 is 5.41 Å². The normalized spacial score (nSPS) is 13.2. The molecule has 238 valence electrons. The lowest BCUT2D eigenvalue weighted by atomic mass is 9.65. The smallest absolute Gasteiger partial charge is 0.135 e. The summed E-state index contributed by atoms with van der Waals surface area (Å²) < 4.78 is 18.4. The van der Waals surface area contributed by atoms with Crippen molar-refractivity contribution in [1.29, 1.82) is 0 Å². The van der Waals surface area contributed by atoms with Crippen LogP contribution in [0, 0.1) is 13.8 Å². The zero-order valence-electron chi connectivity index (χ0n) is 27.0. The van der Waals surface area contributed by atoms with Gasteiger partial charge in [-0.2, -0.15) is 0 Å². The summed E-state index contributed by atoms with van der Waals surface area (Å²) in [6.45, 7) is 4.42. The first kappa shape index (κ1) is 30.0. The van der Waals surface area contributed by atoms with Crippen molar-refractivity contribution in [2.24, 2.45) is 0 Å². The molecule has 5 heteroatoms. The zero-order chi connectivity index (χ0) is 32.8. The molecule has 0 saturated carbocycles. The third-order valence-corrected chi connectivity index (χ3v) is 9.56. The quantitative estimate of drug-likeness (QED) is 0.175. The van der Waals surface area contributed by atoms with Gasteiger partial charge in [0, 0.05) is 23.3 Å². The number of aryl methyl sites for hydroxylation is 2. The first-order chi connectivity index (χ1) is 23.5. The molecule has 0 amide bonds. The van der Waals surface area contributed by atoms with Crippen molar-refractivity contribution < 1.29 is 24.4 Å². The molecule has 1 spiro atoms. The van der Waals surface area contributed by atoms with Gasteiger partial charge >= 0.3 is 0 Å². The Bertz CT molecular complexity index is 1990. The number of hydrogen-bond donors (Lipinski definition) is 2. The fraction of sp³-hybridized carbons (Fsp3) is 0.163. The lowest BCUT2D eigenvalue weighted by Gasteiger charge is -2.40. The Kier molecular flexibility index (Phi) is 7.51. The summed E-state index contributed by atoms with van der Waals surface area (Å²) >= 11 is 0. The number of aliphatic hydroxyl groups is 2. The van der Waals surface area contributed by atoms with Crippen molar-refractivity contribution in [1.82, 2.24) is 0 Å². The maximum atomic E-state index is 9.47. The van der Waals surface area contributed by atoms with E-state index in [1.54, 1.807) is 0 Å². The Labute approximate surface area is 280 Å². The molecule has 2 aliphatic rings. The number of benzene rings is 6. The number of rotatable bonds is 8. The summed E-state index contributed by atoms with van der Waals surface area (Å²) in [4.78, 5) is 0. The molecule has 8 rings (SSSR count). The van der Waals surface area contributed by atoms with Crippen molar-refractivity contribution >= 4 is 0 Å². The predicted molar refractivity (Wildman–Crippen MR) is 189 cm³/mol. The minimum absolute atomic E-state index is 0.0827. The van der Waals surface area contributed by atoms with Crippen LogP contribution in [-0.2, 0) is 5.41 Å². The van der Waals surface area contributed by atoms with Gasteiger partial charge in [-0.1, -0.05) is 96.1 Å². The molecule has 6 aromatic carbocycles. The van der Waals surface area contributed by atoms with E-state index in [1.165, 1.54) is 33.4 Å². The lowest BCUT2D eigenvalue weighted by molar-refractivity contribution is 0.200.